The highest BCUT2D eigenvalue weighted by atomic mass is 35.5. The fourth-order valence-electron chi connectivity index (χ4n) is 3.77. The molecule has 0 amide bonds. The van der Waals surface area contributed by atoms with Crippen molar-refractivity contribution in [1.82, 2.24) is 0 Å². The van der Waals surface area contributed by atoms with Crippen molar-refractivity contribution in [3.05, 3.63) is 93.3 Å². The van der Waals surface area contributed by atoms with Crippen LogP contribution in [0.4, 0.5) is 0 Å². The number of hydrogen-bond acceptors (Lipinski definition) is 4. The van der Waals surface area contributed by atoms with Crippen LogP contribution in [0.1, 0.15) is 49.7 Å². The van der Waals surface area contributed by atoms with Crippen LogP contribution in [0, 0.1) is 5.92 Å². The Bertz CT molecular complexity index is 1070. The van der Waals surface area contributed by atoms with E-state index in [0.717, 1.165) is 24.8 Å². The Kier molecular flexibility index (Phi) is 6.68. The summed E-state index contributed by atoms with van der Waals surface area (Å²) < 4.78 is 18.0. The number of hydrogen-bond donors (Lipinski definition) is 0. The van der Waals surface area contributed by atoms with Gasteiger partial charge >= 0.3 is 0 Å². The van der Waals surface area contributed by atoms with Gasteiger partial charge in [-0.2, -0.15) is 0 Å². The monoisotopic (exact) mass is 424 g/mol. The van der Waals surface area contributed by atoms with Gasteiger partial charge in [-0.15, -0.1) is 0 Å². The fraction of sp³-hybridized carbons (Fsp3) is 0.320. The van der Waals surface area contributed by atoms with Crippen molar-refractivity contribution in [2.45, 2.75) is 38.6 Å². The van der Waals surface area contributed by atoms with Crippen LogP contribution in [0.25, 0.3) is 11.0 Å². The van der Waals surface area contributed by atoms with Crippen molar-refractivity contribution >= 4 is 22.6 Å². The third-order valence-corrected chi connectivity index (χ3v) is 5.60. The maximum Gasteiger partial charge on any atom is 0.201 e. The van der Waals surface area contributed by atoms with Crippen molar-refractivity contribution in [3.8, 4) is 0 Å². The first-order chi connectivity index (χ1) is 14.7. The van der Waals surface area contributed by atoms with Crippen LogP contribution >= 0.6 is 11.6 Å². The van der Waals surface area contributed by atoms with E-state index < -0.39 is 6.29 Å². The minimum Gasteiger partial charge on any atom is -0.464 e. The van der Waals surface area contributed by atoms with E-state index in [2.05, 4.69) is 31.2 Å². The highest BCUT2D eigenvalue weighted by Crippen LogP contribution is 2.39. The number of benzene rings is 2. The van der Waals surface area contributed by atoms with Crippen LogP contribution in [-0.4, -0.2) is 6.61 Å². The summed E-state index contributed by atoms with van der Waals surface area (Å²) in [5.41, 5.74) is 1.73. The second-order valence-corrected chi connectivity index (χ2v) is 7.99. The lowest BCUT2D eigenvalue weighted by Crippen LogP contribution is -2.32. The normalized spacial score (nSPS) is 22.0. The largest absolute Gasteiger partial charge is 0.464 e. The summed E-state index contributed by atoms with van der Waals surface area (Å²) in [6, 6.07) is 15.1. The number of halogens is 1. The molecule has 3 unspecified atom stereocenters. The Morgan fingerprint density at radius 1 is 1.13 bits per heavy atom. The molecule has 1 saturated heterocycles. The van der Waals surface area contributed by atoms with E-state index >= 15 is 0 Å². The zero-order chi connectivity index (χ0) is 20.9. The molecule has 2 aromatic carbocycles. The van der Waals surface area contributed by atoms with Crippen molar-refractivity contribution in [2.24, 2.45) is 5.92 Å². The summed E-state index contributed by atoms with van der Waals surface area (Å²) in [6.07, 6.45) is 7.92. The van der Waals surface area contributed by atoms with Gasteiger partial charge in [0.1, 0.15) is 11.8 Å². The topological polar surface area (TPSA) is 48.7 Å². The zero-order valence-electron chi connectivity index (χ0n) is 16.9. The van der Waals surface area contributed by atoms with Crippen LogP contribution in [0.5, 0.6) is 0 Å². The lowest BCUT2D eigenvalue weighted by Gasteiger charge is -2.36. The number of ether oxygens (including phenoxy) is 2. The first-order valence-electron chi connectivity index (χ1n) is 10.4. The predicted octanol–water partition coefficient (Wildman–Crippen LogP) is 6.60. The second-order valence-electron chi connectivity index (χ2n) is 7.55. The summed E-state index contributed by atoms with van der Waals surface area (Å²) in [7, 11) is 0. The second kappa shape index (κ2) is 9.61. The van der Waals surface area contributed by atoms with Gasteiger partial charge in [0.2, 0.25) is 5.43 Å². The third kappa shape index (κ3) is 4.51. The minimum absolute atomic E-state index is 0.165. The molecule has 1 fully saturated rings. The molecule has 0 radical (unpaired) electrons. The van der Waals surface area contributed by atoms with Crippen LogP contribution in [0.3, 0.4) is 0 Å². The molecule has 1 aliphatic rings. The molecule has 0 N–H and O–H groups in total. The molecule has 156 valence electrons. The SMILES string of the molecule is CCC/C=C\CC1COC(c2coc3ccc(Cl)cc3c2=O)OC1c1ccccc1. The number of allylic oxidation sites excluding steroid dienone is 2. The first kappa shape index (κ1) is 20.9. The van der Waals surface area contributed by atoms with E-state index in [9.17, 15) is 4.79 Å². The van der Waals surface area contributed by atoms with Crippen LogP contribution in [0.15, 0.2) is 76.2 Å². The summed E-state index contributed by atoms with van der Waals surface area (Å²) in [5.74, 6) is 0.165. The number of unbranched alkanes of at least 4 members (excludes halogenated alkanes) is 1. The summed E-state index contributed by atoms with van der Waals surface area (Å²) >= 11 is 6.07. The Labute approximate surface area is 181 Å². The van der Waals surface area contributed by atoms with E-state index in [1.54, 1.807) is 18.2 Å². The van der Waals surface area contributed by atoms with E-state index in [-0.39, 0.29) is 17.5 Å². The predicted molar refractivity (Wildman–Crippen MR) is 119 cm³/mol. The van der Waals surface area contributed by atoms with Gasteiger partial charge in [0.05, 0.1) is 23.7 Å². The molecule has 4 rings (SSSR count). The van der Waals surface area contributed by atoms with Crippen molar-refractivity contribution in [1.29, 1.82) is 0 Å². The van der Waals surface area contributed by atoms with Gasteiger partial charge in [-0.3, -0.25) is 4.79 Å². The molecule has 1 aromatic heterocycles. The zero-order valence-corrected chi connectivity index (χ0v) is 17.7. The van der Waals surface area contributed by atoms with Gasteiger partial charge in [-0.05, 0) is 36.6 Å². The summed E-state index contributed by atoms with van der Waals surface area (Å²) in [5, 5.41) is 0.909. The maximum absolute atomic E-state index is 13.1. The van der Waals surface area contributed by atoms with E-state index in [4.69, 9.17) is 25.5 Å². The Morgan fingerprint density at radius 2 is 1.97 bits per heavy atom. The van der Waals surface area contributed by atoms with Crippen molar-refractivity contribution in [2.75, 3.05) is 6.61 Å². The smallest absolute Gasteiger partial charge is 0.201 e. The highest BCUT2D eigenvalue weighted by Gasteiger charge is 2.34. The van der Waals surface area contributed by atoms with Gasteiger partial charge in [-0.25, -0.2) is 0 Å². The lowest BCUT2D eigenvalue weighted by atomic mass is 9.92. The van der Waals surface area contributed by atoms with Gasteiger partial charge < -0.3 is 13.9 Å². The Morgan fingerprint density at radius 3 is 2.77 bits per heavy atom. The molecule has 1 aliphatic heterocycles. The molecule has 3 aromatic rings. The maximum atomic E-state index is 13.1. The minimum atomic E-state index is -0.786. The van der Waals surface area contributed by atoms with Gasteiger partial charge in [0.25, 0.3) is 0 Å². The van der Waals surface area contributed by atoms with Crippen molar-refractivity contribution < 1.29 is 13.9 Å². The summed E-state index contributed by atoms with van der Waals surface area (Å²) in [4.78, 5) is 13.1. The Balaban J connectivity index is 1.63. The van der Waals surface area contributed by atoms with Crippen molar-refractivity contribution in [3.63, 3.8) is 0 Å². The standard InChI is InChI=1S/C25H25ClO4/c1-2-3-4-6-11-18-15-29-25(30-24(18)17-9-7-5-8-10-17)21-16-28-22-13-12-19(26)14-20(22)23(21)27/h4-10,12-14,16,18,24-25H,2-3,11,15H2,1H3/b6-4-. The molecule has 2 heterocycles. The molecule has 0 spiro atoms. The quantitative estimate of drug-likeness (QED) is 0.418. The average Bonchev–Trinajstić information content (AvgIpc) is 2.78. The van der Waals surface area contributed by atoms with E-state index in [0.29, 0.717) is 28.2 Å². The average molecular weight is 425 g/mol. The van der Waals surface area contributed by atoms with Crippen LogP contribution in [0.2, 0.25) is 5.02 Å². The molecule has 0 bridgehead atoms. The highest BCUT2D eigenvalue weighted by molar-refractivity contribution is 6.31. The molecule has 3 atom stereocenters. The summed E-state index contributed by atoms with van der Waals surface area (Å²) in [6.45, 7) is 2.66. The Hall–Kier alpha value is -2.40. The van der Waals surface area contributed by atoms with E-state index in [1.165, 1.54) is 6.26 Å². The molecular formula is C25H25ClO4. The molecule has 5 heteroatoms. The molecule has 4 nitrogen and oxygen atoms in total. The van der Waals surface area contributed by atoms with Gasteiger partial charge in [0, 0.05) is 10.9 Å². The third-order valence-electron chi connectivity index (χ3n) is 5.36. The molecule has 0 aliphatic carbocycles. The molecule has 30 heavy (non-hydrogen) atoms. The lowest BCUT2D eigenvalue weighted by molar-refractivity contribution is -0.244. The van der Waals surface area contributed by atoms with E-state index in [1.807, 2.05) is 18.2 Å². The number of rotatable bonds is 6. The fourth-order valence-corrected chi connectivity index (χ4v) is 3.94. The first-order valence-corrected chi connectivity index (χ1v) is 10.7. The molecule has 0 saturated carbocycles. The van der Waals surface area contributed by atoms with Crippen LogP contribution < -0.4 is 5.43 Å². The van der Waals surface area contributed by atoms with Crippen LogP contribution in [-0.2, 0) is 9.47 Å². The van der Waals surface area contributed by atoms with Gasteiger partial charge in [-0.1, -0.05) is 67.4 Å². The number of fused-ring (bicyclic) bond motifs is 1. The van der Waals surface area contributed by atoms with Gasteiger partial charge in [0.15, 0.2) is 6.29 Å². The molecular weight excluding hydrogens is 400 g/mol.